The fraction of sp³-hybridized carbons (Fsp3) is 0.667. The molecule has 1 aliphatic rings. The van der Waals surface area contributed by atoms with Gasteiger partial charge in [0.1, 0.15) is 11.4 Å². The Bertz CT molecular complexity index is 598. The van der Waals surface area contributed by atoms with Crippen LogP contribution in [0.5, 0.6) is 0 Å². The van der Waals surface area contributed by atoms with Crippen LogP contribution in [-0.2, 0) is 21.4 Å². The van der Waals surface area contributed by atoms with Gasteiger partial charge in [-0.25, -0.2) is 8.42 Å². The summed E-state index contributed by atoms with van der Waals surface area (Å²) in [7, 11) is -3.76. The predicted molar refractivity (Wildman–Crippen MR) is 73.1 cm³/mol. The van der Waals surface area contributed by atoms with Gasteiger partial charge in [0.15, 0.2) is 0 Å². The summed E-state index contributed by atoms with van der Waals surface area (Å²) in [6.07, 6.45) is 5.55. The highest BCUT2D eigenvalue weighted by atomic mass is 32.2. The Kier molecular flexibility index (Phi) is 4.96. The van der Waals surface area contributed by atoms with E-state index in [0.29, 0.717) is 13.0 Å². The second-order valence-corrected chi connectivity index (χ2v) is 6.96. The van der Waals surface area contributed by atoms with E-state index in [2.05, 4.69) is 5.10 Å². The molecule has 1 atom stereocenters. The van der Waals surface area contributed by atoms with Crippen LogP contribution in [0.15, 0.2) is 17.3 Å². The van der Waals surface area contributed by atoms with Gasteiger partial charge in [0.25, 0.3) is 0 Å². The zero-order valence-corrected chi connectivity index (χ0v) is 12.4. The van der Waals surface area contributed by atoms with Crippen molar-refractivity contribution in [2.24, 2.45) is 0 Å². The number of hydrogen-bond donors (Lipinski definition) is 2. The standard InChI is InChI=1S/C12H19N3O5S/c16-9-10-4-2-1-3-5-15(10)21(19,20)11-6-13-14(7-11)8-12(17)18/h6-7,10,16H,1-5,8-9H2,(H,17,18). The normalized spacial score (nSPS) is 21.1. The van der Waals surface area contributed by atoms with Crippen molar-refractivity contribution in [1.29, 1.82) is 0 Å². The number of carbonyl (C=O) groups is 1. The van der Waals surface area contributed by atoms with Gasteiger partial charge in [0, 0.05) is 18.8 Å². The van der Waals surface area contributed by atoms with Crippen LogP contribution in [0.25, 0.3) is 0 Å². The molecule has 118 valence electrons. The summed E-state index contributed by atoms with van der Waals surface area (Å²) in [5.41, 5.74) is 0. The maximum Gasteiger partial charge on any atom is 0.325 e. The summed E-state index contributed by atoms with van der Waals surface area (Å²) in [4.78, 5) is 10.6. The number of carboxylic acids is 1. The van der Waals surface area contributed by atoms with Gasteiger partial charge < -0.3 is 10.2 Å². The number of aliphatic hydroxyl groups is 1. The molecule has 1 unspecified atom stereocenters. The highest BCUT2D eigenvalue weighted by Gasteiger charge is 2.33. The molecule has 2 N–H and O–H groups in total. The van der Waals surface area contributed by atoms with E-state index in [9.17, 15) is 18.3 Å². The highest BCUT2D eigenvalue weighted by Crippen LogP contribution is 2.24. The Morgan fingerprint density at radius 2 is 2.14 bits per heavy atom. The van der Waals surface area contributed by atoms with Crippen LogP contribution in [0.2, 0.25) is 0 Å². The van der Waals surface area contributed by atoms with Gasteiger partial charge in [-0.2, -0.15) is 9.40 Å². The summed E-state index contributed by atoms with van der Waals surface area (Å²) in [5, 5.41) is 21.9. The Morgan fingerprint density at radius 3 is 2.81 bits per heavy atom. The number of aromatic nitrogens is 2. The zero-order chi connectivity index (χ0) is 15.5. The van der Waals surface area contributed by atoms with Gasteiger partial charge in [0.05, 0.1) is 12.8 Å². The van der Waals surface area contributed by atoms with Crippen LogP contribution in [0, 0.1) is 0 Å². The van der Waals surface area contributed by atoms with Gasteiger partial charge in [-0.15, -0.1) is 0 Å². The van der Waals surface area contributed by atoms with E-state index in [1.54, 1.807) is 0 Å². The van der Waals surface area contributed by atoms with Crippen molar-refractivity contribution in [2.75, 3.05) is 13.2 Å². The fourth-order valence-corrected chi connectivity index (χ4v) is 4.13. The summed E-state index contributed by atoms with van der Waals surface area (Å²) < 4.78 is 27.6. The summed E-state index contributed by atoms with van der Waals surface area (Å²) in [6.45, 7) is -0.251. The Labute approximate surface area is 123 Å². The molecular weight excluding hydrogens is 298 g/mol. The second kappa shape index (κ2) is 6.54. The van der Waals surface area contributed by atoms with Crippen LogP contribution in [0.4, 0.5) is 0 Å². The summed E-state index contributed by atoms with van der Waals surface area (Å²) >= 11 is 0. The average Bonchev–Trinajstić information content (AvgIpc) is 2.74. The highest BCUT2D eigenvalue weighted by molar-refractivity contribution is 7.89. The minimum atomic E-state index is -3.76. The number of aliphatic hydroxyl groups excluding tert-OH is 1. The molecule has 0 aromatic carbocycles. The van der Waals surface area contributed by atoms with Crippen LogP contribution in [-0.4, -0.2) is 57.9 Å². The van der Waals surface area contributed by atoms with Crippen LogP contribution < -0.4 is 0 Å². The molecule has 1 fully saturated rings. The number of nitrogens with zero attached hydrogens (tertiary/aromatic N) is 3. The first-order valence-corrected chi connectivity index (χ1v) is 8.26. The number of rotatable bonds is 5. The van der Waals surface area contributed by atoms with Gasteiger partial charge in [-0.3, -0.25) is 9.48 Å². The van der Waals surface area contributed by atoms with E-state index < -0.39 is 22.0 Å². The van der Waals surface area contributed by atoms with E-state index in [-0.39, 0.29) is 18.0 Å². The summed E-state index contributed by atoms with van der Waals surface area (Å²) in [6, 6.07) is -0.430. The molecular formula is C12H19N3O5S. The van der Waals surface area contributed by atoms with Gasteiger partial charge in [-0.1, -0.05) is 12.8 Å². The van der Waals surface area contributed by atoms with Crippen molar-refractivity contribution < 1.29 is 23.4 Å². The molecule has 1 aromatic rings. The van der Waals surface area contributed by atoms with E-state index >= 15 is 0 Å². The van der Waals surface area contributed by atoms with Crippen molar-refractivity contribution in [2.45, 2.75) is 43.2 Å². The fourth-order valence-electron chi connectivity index (χ4n) is 2.49. The van der Waals surface area contributed by atoms with Crippen molar-refractivity contribution in [3.8, 4) is 0 Å². The zero-order valence-electron chi connectivity index (χ0n) is 11.6. The van der Waals surface area contributed by atoms with E-state index in [4.69, 9.17) is 5.11 Å². The molecule has 0 radical (unpaired) electrons. The van der Waals surface area contributed by atoms with Gasteiger partial charge in [-0.05, 0) is 12.8 Å². The smallest absolute Gasteiger partial charge is 0.325 e. The van der Waals surface area contributed by atoms with Crippen LogP contribution in [0.3, 0.4) is 0 Å². The van der Waals surface area contributed by atoms with E-state index in [1.807, 2.05) is 0 Å². The van der Waals surface area contributed by atoms with E-state index in [1.165, 1.54) is 10.5 Å². The maximum atomic E-state index is 12.6. The van der Waals surface area contributed by atoms with Crippen LogP contribution in [0.1, 0.15) is 25.7 Å². The molecule has 1 aliphatic heterocycles. The molecule has 2 heterocycles. The lowest BCUT2D eigenvalue weighted by atomic mass is 10.1. The lowest BCUT2D eigenvalue weighted by molar-refractivity contribution is -0.137. The van der Waals surface area contributed by atoms with Crippen molar-refractivity contribution in [3.05, 3.63) is 12.4 Å². The van der Waals surface area contributed by atoms with Crippen molar-refractivity contribution in [3.63, 3.8) is 0 Å². The Hall–Kier alpha value is -1.45. The SMILES string of the molecule is O=C(O)Cn1cc(S(=O)(=O)N2CCCCCC2CO)cn1. The third-order valence-electron chi connectivity index (χ3n) is 3.55. The molecule has 2 rings (SSSR count). The summed E-state index contributed by atoms with van der Waals surface area (Å²) in [5.74, 6) is -1.09. The number of aliphatic carboxylic acids is 1. The number of sulfonamides is 1. The molecule has 0 bridgehead atoms. The Morgan fingerprint density at radius 1 is 1.38 bits per heavy atom. The number of hydrogen-bond acceptors (Lipinski definition) is 5. The molecule has 8 nitrogen and oxygen atoms in total. The largest absolute Gasteiger partial charge is 0.480 e. The third-order valence-corrected chi connectivity index (χ3v) is 5.45. The molecule has 1 saturated heterocycles. The first-order chi connectivity index (χ1) is 9.95. The predicted octanol–water partition coefficient (Wildman–Crippen LogP) is -0.107. The molecule has 0 amide bonds. The molecule has 1 aromatic heterocycles. The minimum absolute atomic E-state index is 0.0379. The lowest BCUT2D eigenvalue weighted by Gasteiger charge is -2.26. The van der Waals surface area contributed by atoms with E-state index in [0.717, 1.165) is 30.1 Å². The third kappa shape index (κ3) is 3.60. The van der Waals surface area contributed by atoms with Crippen molar-refractivity contribution >= 4 is 16.0 Å². The van der Waals surface area contributed by atoms with Gasteiger partial charge >= 0.3 is 5.97 Å². The van der Waals surface area contributed by atoms with Crippen molar-refractivity contribution in [1.82, 2.24) is 14.1 Å². The molecule has 0 saturated carbocycles. The molecule has 0 spiro atoms. The molecule has 21 heavy (non-hydrogen) atoms. The van der Waals surface area contributed by atoms with Gasteiger partial charge in [0.2, 0.25) is 10.0 Å². The topological polar surface area (TPSA) is 113 Å². The second-order valence-electron chi connectivity index (χ2n) is 5.07. The Balaban J connectivity index is 2.26. The van der Waals surface area contributed by atoms with Crippen LogP contribution >= 0.6 is 0 Å². The number of carboxylic acid groups (broad SMARTS) is 1. The first-order valence-electron chi connectivity index (χ1n) is 6.82. The lowest BCUT2D eigenvalue weighted by Crippen LogP contribution is -2.41. The maximum absolute atomic E-state index is 12.6. The molecule has 9 heteroatoms. The average molecular weight is 317 g/mol. The quantitative estimate of drug-likeness (QED) is 0.783. The molecule has 0 aliphatic carbocycles. The minimum Gasteiger partial charge on any atom is -0.480 e. The monoisotopic (exact) mass is 317 g/mol. The first kappa shape index (κ1) is 15.9.